The van der Waals surface area contributed by atoms with Crippen molar-refractivity contribution in [3.63, 3.8) is 0 Å². The maximum absolute atomic E-state index is 2.52. The first-order valence-electron chi connectivity index (χ1n) is 11.4. The van der Waals surface area contributed by atoms with Crippen molar-refractivity contribution in [3.05, 3.63) is 102 Å². The molecule has 3 heteroatoms. The third-order valence-electron chi connectivity index (χ3n) is 6.42. The average molecular weight is 644 g/mol. The molecule has 0 aromatic heterocycles. The Hall–Kier alpha value is -1.15. The molecule has 0 spiro atoms. The van der Waals surface area contributed by atoms with E-state index in [4.69, 9.17) is 0 Å². The summed E-state index contributed by atoms with van der Waals surface area (Å²) in [5, 5.41) is 0. The molecule has 2 aromatic rings. The third-order valence-corrected chi connectivity index (χ3v) is 11.8. The predicted octanol–water partition coefficient (Wildman–Crippen LogP) is 2.65. The molecule has 2 aliphatic rings. The summed E-state index contributed by atoms with van der Waals surface area (Å²) >= 11 is -1.18. The topological polar surface area (TPSA) is 0 Å². The van der Waals surface area contributed by atoms with Gasteiger partial charge < -0.3 is 24.8 Å². The summed E-state index contributed by atoms with van der Waals surface area (Å²) in [5.74, 6) is 0. The zero-order valence-electron chi connectivity index (χ0n) is 20.6. The standard InChI is InChI=1S/2C15H17.2ClH.Hf/c2*1-15(2,3)14-10-9-13(11-14)12-7-5-4-6-8-12;;;/h2*4-8,11H,10H2,1-3H3;2*1H;/q;;;;+2/p-2. The zero-order chi connectivity index (χ0) is 22.2. The number of allylic oxidation sites excluding steroid dienone is 8. The van der Waals surface area contributed by atoms with Crippen molar-refractivity contribution in [3.8, 4) is 0 Å². The fourth-order valence-electron chi connectivity index (χ4n) is 4.32. The molecule has 0 unspecified atom stereocenters. The van der Waals surface area contributed by atoms with E-state index in [0.29, 0.717) is 0 Å². The van der Waals surface area contributed by atoms with Gasteiger partial charge in [-0.15, -0.1) is 0 Å². The van der Waals surface area contributed by atoms with Crippen LogP contribution >= 0.6 is 0 Å². The van der Waals surface area contributed by atoms with Crippen molar-refractivity contribution in [1.29, 1.82) is 0 Å². The van der Waals surface area contributed by atoms with Gasteiger partial charge >= 0.3 is 201 Å². The molecule has 33 heavy (non-hydrogen) atoms. The molecule has 0 atom stereocenters. The van der Waals surface area contributed by atoms with Gasteiger partial charge in [0.2, 0.25) is 0 Å². The van der Waals surface area contributed by atoms with Crippen LogP contribution in [0.3, 0.4) is 0 Å². The van der Waals surface area contributed by atoms with Crippen LogP contribution in [-0.4, -0.2) is 0 Å². The van der Waals surface area contributed by atoms with Gasteiger partial charge in [0, 0.05) is 0 Å². The summed E-state index contributed by atoms with van der Waals surface area (Å²) in [6, 6.07) is 22.1. The van der Waals surface area contributed by atoms with E-state index >= 15 is 0 Å². The van der Waals surface area contributed by atoms with Crippen LogP contribution in [0.2, 0.25) is 0 Å². The Morgan fingerprint density at radius 2 is 0.879 bits per heavy atom. The molecule has 0 bridgehead atoms. The summed E-state index contributed by atoms with van der Waals surface area (Å²) in [5.41, 5.74) is 9.49. The van der Waals surface area contributed by atoms with E-state index in [2.05, 4.69) is 114 Å². The van der Waals surface area contributed by atoms with E-state index in [0.717, 1.165) is 0 Å². The van der Waals surface area contributed by atoms with Crippen LogP contribution in [0.15, 0.2) is 90.6 Å². The fourth-order valence-corrected chi connectivity index (χ4v) is 10.2. The molecule has 0 aliphatic heterocycles. The van der Waals surface area contributed by atoms with Crippen molar-refractivity contribution in [2.75, 3.05) is 0 Å². The number of hydrogen-bond acceptors (Lipinski definition) is 0. The second-order valence-electron chi connectivity index (χ2n) is 10.8. The van der Waals surface area contributed by atoms with Crippen LogP contribution in [0.5, 0.6) is 0 Å². The molecular formula is C30H34Cl2Hf. The Morgan fingerprint density at radius 3 is 1.18 bits per heavy atom. The second kappa shape index (κ2) is 11.1. The summed E-state index contributed by atoms with van der Waals surface area (Å²) in [6.45, 7) is 14.2. The van der Waals surface area contributed by atoms with Gasteiger partial charge in [-0.1, -0.05) is 0 Å². The summed E-state index contributed by atoms with van der Waals surface area (Å²) < 4.78 is 3.53. The fraction of sp³-hybridized carbons (Fsp3) is 0.333. The maximum Gasteiger partial charge on any atom is -1.00 e. The molecule has 0 radical (unpaired) electrons. The minimum atomic E-state index is -1.18. The smallest absolute Gasteiger partial charge is 1.00 e. The molecule has 0 nitrogen and oxygen atoms in total. The van der Waals surface area contributed by atoms with Crippen molar-refractivity contribution >= 4 is 11.1 Å². The van der Waals surface area contributed by atoms with E-state index in [-0.39, 0.29) is 35.6 Å². The Labute approximate surface area is 224 Å². The first-order chi connectivity index (χ1) is 14.6. The summed E-state index contributed by atoms with van der Waals surface area (Å²) in [7, 11) is 0. The Kier molecular flexibility index (Phi) is 9.42. The molecule has 0 N–H and O–H groups in total. The van der Waals surface area contributed by atoms with E-state index in [1.54, 1.807) is 17.8 Å². The largest absolute Gasteiger partial charge is 1.00 e. The van der Waals surface area contributed by atoms with Gasteiger partial charge in [0.05, 0.1) is 0 Å². The monoisotopic (exact) mass is 644 g/mol. The quantitative estimate of drug-likeness (QED) is 0.450. The van der Waals surface area contributed by atoms with Crippen LogP contribution < -0.4 is 24.8 Å². The van der Waals surface area contributed by atoms with E-state index in [1.807, 2.05) is 0 Å². The van der Waals surface area contributed by atoms with Crippen LogP contribution in [0.25, 0.3) is 11.1 Å². The predicted molar refractivity (Wildman–Crippen MR) is 131 cm³/mol. The molecule has 0 saturated heterocycles. The van der Waals surface area contributed by atoms with Gasteiger partial charge in [-0.3, -0.25) is 0 Å². The molecule has 2 aromatic carbocycles. The average Bonchev–Trinajstić information content (AvgIpc) is 3.34. The Balaban J connectivity index is 0.00000193. The number of halogens is 2. The molecular weight excluding hydrogens is 610 g/mol. The normalized spacial score (nSPS) is 16.1. The van der Waals surface area contributed by atoms with Gasteiger partial charge in [0.1, 0.15) is 0 Å². The summed E-state index contributed by atoms with van der Waals surface area (Å²) in [6.07, 6.45) is 7.39. The molecule has 4 rings (SSSR count). The Bertz CT molecular complexity index is 1000. The van der Waals surface area contributed by atoms with Crippen LogP contribution in [-0.2, 0) is 22.9 Å². The van der Waals surface area contributed by atoms with E-state index in [9.17, 15) is 0 Å². The van der Waals surface area contributed by atoms with Crippen molar-refractivity contribution in [1.82, 2.24) is 0 Å². The maximum atomic E-state index is 2.52. The molecule has 0 saturated carbocycles. The van der Waals surface area contributed by atoms with Crippen molar-refractivity contribution < 1.29 is 47.7 Å². The van der Waals surface area contributed by atoms with Crippen LogP contribution in [0, 0.1) is 10.8 Å². The van der Waals surface area contributed by atoms with Gasteiger partial charge in [-0.2, -0.15) is 0 Å². The van der Waals surface area contributed by atoms with Crippen molar-refractivity contribution in [2.24, 2.45) is 10.8 Å². The van der Waals surface area contributed by atoms with Gasteiger partial charge in [0.15, 0.2) is 0 Å². The zero-order valence-corrected chi connectivity index (χ0v) is 25.7. The van der Waals surface area contributed by atoms with Gasteiger partial charge in [-0.25, -0.2) is 0 Å². The SMILES string of the molecule is CC(C)(C)C1=CC(c2ccccc2)=[C]([Hf+2][C]2=C(c3ccccc3)C=C(C(C)(C)C)C2)C1.[Cl-].[Cl-]. The molecule has 172 valence electrons. The second-order valence-corrected chi connectivity index (χ2v) is 16.1. The molecule has 2 aliphatic carbocycles. The molecule has 0 fully saturated rings. The molecule has 0 amide bonds. The first-order valence-corrected chi connectivity index (χ1v) is 15.0. The number of hydrogen-bond donors (Lipinski definition) is 0. The van der Waals surface area contributed by atoms with Crippen LogP contribution in [0.4, 0.5) is 0 Å². The van der Waals surface area contributed by atoms with Crippen LogP contribution in [0.1, 0.15) is 65.5 Å². The van der Waals surface area contributed by atoms with E-state index < -0.39 is 22.9 Å². The van der Waals surface area contributed by atoms with Crippen molar-refractivity contribution in [2.45, 2.75) is 54.4 Å². The molecule has 0 heterocycles. The Morgan fingerprint density at radius 1 is 0.545 bits per heavy atom. The summed E-state index contributed by atoms with van der Waals surface area (Å²) in [4.78, 5) is 0. The van der Waals surface area contributed by atoms with Gasteiger partial charge in [-0.05, 0) is 0 Å². The number of rotatable bonds is 4. The number of benzene rings is 2. The minimum Gasteiger partial charge on any atom is -1.00 e. The van der Waals surface area contributed by atoms with Gasteiger partial charge in [0.25, 0.3) is 0 Å². The minimum absolute atomic E-state index is 0. The van der Waals surface area contributed by atoms with E-state index in [1.165, 1.54) is 35.1 Å². The first kappa shape index (κ1) is 28.1. The third kappa shape index (κ3) is 6.50.